The smallest absolute Gasteiger partial charge is 0.338 e. The summed E-state index contributed by atoms with van der Waals surface area (Å²) in [6.07, 6.45) is 0. The molecule has 0 atom stereocenters. The predicted octanol–water partition coefficient (Wildman–Crippen LogP) is 3.75. The van der Waals surface area contributed by atoms with Gasteiger partial charge in [-0.05, 0) is 54.1 Å². The highest BCUT2D eigenvalue weighted by atomic mass is 32.2. The first-order chi connectivity index (χ1) is 14.9. The third-order valence-electron chi connectivity index (χ3n) is 4.46. The van der Waals surface area contributed by atoms with E-state index >= 15 is 0 Å². The number of anilines is 1. The Kier molecular flexibility index (Phi) is 5.77. The van der Waals surface area contributed by atoms with E-state index in [0.717, 1.165) is 0 Å². The highest BCUT2D eigenvalue weighted by Gasteiger charge is 2.19. The fourth-order valence-electron chi connectivity index (χ4n) is 2.94. The van der Waals surface area contributed by atoms with Gasteiger partial charge in [0.05, 0.1) is 10.5 Å². The molecule has 1 aliphatic heterocycles. The zero-order valence-corrected chi connectivity index (χ0v) is 17.0. The molecule has 0 unspecified atom stereocenters. The van der Waals surface area contributed by atoms with Crippen molar-refractivity contribution in [3.63, 3.8) is 0 Å². The minimum Gasteiger partial charge on any atom is -0.486 e. The van der Waals surface area contributed by atoms with Crippen molar-refractivity contribution in [1.29, 1.82) is 0 Å². The van der Waals surface area contributed by atoms with Crippen molar-refractivity contribution in [2.24, 2.45) is 0 Å². The quantitative estimate of drug-likeness (QED) is 0.584. The Balaban J connectivity index is 1.41. The number of benzene rings is 3. The molecule has 9 heteroatoms. The van der Waals surface area contributed by atoms with Crippen LogP contribution in [0.15, 0.2) is 71.6 Å². The van der Waals surface area contributed by atoms with Crippen LogP contribution in [0, 0.1) is 5.82 Å². The third-order valence-corrected chi connectivity index (χ3v) is 5.83. The van der Waals surface area contributed by atoms with E-state index in [1.807, 2.05) is 0 Å². The van der Waals surface area contributed by atoms with Gasteiger partial charge < -0.3 is 14.2 Å². The number of rotatable bonds is 6. The largest absolute Gasteiger partial charge is 0.486 e. The van der Waals surface area contributed by atoms with Gasteiger partial charge in [-0.3, -0.25) is 4.72 Å². The average Bonchev–Trinajstić information content (AvgIpc) is 2.77. The number of hydrogen-bond donors (Lipinski definition) is 1. The van der Waals surface area contributed by atoms with E-state index < -0.39 is 21.8 Å². The molecule has 7 nitrogen and oxygen atoms in total. The number of carbonyl (C=O) groups is 1. The van der Waals surface area contributed by atoms with Crippen LogP contribution >= 0.6 is 0 Å². The van der Waals surface area contributed by atoms with Crippen LogP contribution in [-0.2, 0) is 21.4 Å². The molecule has 0 aromatic heterocycles. The first kappa shape index (κ1) is 20.7. The van der Waals surface area contributed by atoms with Gasteiger partial charge in [-0.1, -0.05) is 12.1 Å². The molecule has 0 saturated carbocycles. The normalized spacial score (nSPS) is 12.8. The van der Waals surface area contributed by atoms with Crippen molar-refractivity contribution >= 4 is 21.7 Å². The summed E-state index contributed by atoms with van der Waals surface area (Å²) in [4.78, 5) is 12.2. The van der Waals surface area contributed by atoms with Gasteiger partial charge in [-0.2, -0.15) is 0 Å². The van der Waals surface area contributed by atoms with Crippen LogP contribution in [0.3, 0.4) is 0 Å². The zero-order chi connectivity index (χ0) is 21.8. The van der Waals surface area contributed by atoms with Gasteiger partial charge in [0.15, 0.2) is 11.5 Å². The topological polar surface area (TPSA) is 90.9 Å². The molecule has 0 spiro atoms. The van der Waals surface area contributed by atoms with Crippen molar-refractivity contribution < 1.29 is 31.8 Å². The zero-order valence-electron chi connectivity index (χ0n) is 16.2. The number of fused-ring (bicyclic) bond motifs is 1. The number of sulfonamides is 1. The molecule has 3 aromatic carbocycles. The van der Waals surface area contributed by atoms with Gasteiger partial charge in [0.1, 0.15) is 25.6 Å². The first-order valence-electron chi connectivity index (χ1n) is 9.35. The second kappa shape index (κ2) is 8.65. The van der Waals surface area contributed by atoms with Crippen LogP contribution in [0.25, 0.3) is 0 Å². The summed E-state index contributed by atoms with van der Waals surface area (Å²) >= 11 is 0. The SMILES string of the molecule is O=C(OCc1cccc(F)c1)c1ccc(NS(=O)(=O)c2ccc3c(c2)OCCO3)cc1. The number of nitrogens with one attached hydrogen (secondary N) is 1. The van der Waals surface area contributed by atoms with E-state index in [1.54, 1.807) is 12.1 Å². The van der Waals surface area contributed by atoms with Gasteiger partial charge in [0.2, 0.25) is 0 Å². The summed E-state index contributed by atoms with van der Waals surface area (Å²) in [5.41, 5.74) is 1.03. The lowest BCUT2D eigenvalue weighted by Crippen LogP contribution is -2.17. The summed E-state index contributed by atoms with van der Waals surface area (Å²) < 4.78 is 57.0. The monoisotopic (exact) mass is 443 g/mol. The van der Waals surface area contributed by atoms with Crippen molar-refractivity contribution in [2.75, 3.05) is 17.9 Å². The number of esters is 1. The predicted molar refractivity (Wildman–Crippen MR) is 110 cm³/mol. The van der Waals surface area contributed by atoms with Gasteiger partial charge in [-0.15, -0.1) is 0 Å². The molecule has 160 valence electrons. The maximum absolute atomic E-state index is 13.2. The molecule has 1 heterocycles. The maximum atomic E-state index is 13.2. The molecule has 1 N–H and O–H groups in total. The fourth-order valence-corrected chi connectivity index (χ4v) is 4.01. The minimum atomic E-state index is -3.87. The highest BCUT2D eigenvalue weighted by molar-refractivity contribution is 7.92. The molecule has 0 bridgehead atoms. The number of hydrogen-bond acceptors (Lipinski definition) is 6. The Morgan fingerprint density at radius 1 is 0.968 bits per heavy atom. The van der Waals surface area contributed by atoms with E-state index in [1.165, 1.54) is 54.6 Å². The van der Waals surface area contributed by atoms with E-state index in [9.17, 15) is 17.6 Å². The Morgan fingerprint density at radius 3 is 2.45 bits per heavy atom. The summed E-state index contributed by atoms with van der Waals surface area (Å²) in [7, 11) is -3.87. The van der Waals surface area contributed by atoms with Gasteiger partial charge in [0, 0.05) is 11.8 Å². The molecule has 0 amide bonds. The van der Waals surface area contributed by atoms with Crippen LogP contribution in [-0.4, -0.2) is 27.6 Å². The average molecular weight is 443 g/mol. The number of carbonyl (C=O) groups excluding carboxylic acids is 1. The van der Waals surface area contributed by atoms with Crippen LogP contribution in [0.4, 0.5) is 10.1 Å². The molecule has 0 fully saturated rings. The van der Waals surface area contributed by atoms with Crippen LogP contribution < -0.4 is 14.2 Å². The summed E-state index contributed by atoms with van der Waals surface area (Å²) in [6, 6.07) is 15.9. The van der Waals surface area contributed by atoms with Gasteiger partial charge >= 0.3 is 5.97 Å². The van der Waals surface area contributed by atoms with Crippen molar-refractivity contribution in [3.05, 3.63) is 83.7 Å². The van der Waals surface area contributed by atoms with Crippen molar-refractivity contribution in [1.82, 2.24) is 0 Å². The summed E-state index contributed by atoms with van der Waals surface area (Å²) in [6.45, 7) is 0.685. The van der Waals surface area contributed by atoms with Gasteiger partial charge in [0.25, 0.3) is 10.0 Å². The molecule has 4 rings (SSSR count). The lowest BCUT2D eigenvalue weighted by Gasteiger charge is -2.19. The van der Waals surface area contributed by atoms with Crippen molar-refractivity contribution in [3.8, 4) is 11.5 Å². The van der Waals surface area contributed by atoms with Crippen LogP contribution in [0.1, 0.15) is 15.9 Å². The Hall–Kier alpha value is -3.59. The van der Waals surface area contributed by atoms with E-state index in [2.05, 4.69) is 4.72 Å². The summed E-state index contributed by atoms with van der Waals surface area (Å²) in [5, 5.41) is 0. The van der Waals surface area contributed by atoms with E-state index in [-0.39, 0.29) is 22.8 Å². The standard InChI is InChI=1S/C22H18FNO6S/c23-17-3-1-2-15(12-17)14-30-22(25)16-4-6-18(7-5-16)24-31(26,27)19-8-9-20-21(13-19)29-11-10-28-20/h1-9,12-13,24H,10-11,14H2. The highest BCUT2D eigenvalue weighted by Crippen LogP contribution is 2.32. The molecule has 3 aromatic rings. The number of ether oxygens (including phenoxy) is 3. The van der Waals surface area contributed by atoms with Gasteiger partial charge in [-0.25, -0.2) is 17.6 Å². The fraction of sp³-hybridized carbons (Fsp3) is 0.136. The molecule has 0 saturated heterocycles. The molecular weight excluding hydrogens is 425 g/mol. The second-order valence-corrected chi connectivity index (χ2v) is 8.38. The van der Waals surface area contributed by atoms with E-state index in [4.69, 9.17) is 14.2 Å². The second-order valence-electron chi connectivity index (χ2n) is 6.69. The summed E-state index contributed by atoms with van der Waals surface area (Å²) in [5.74, 6) is -0.162. The Bertz CT molecular complexity index is 1210. The number of halogens is 1. The van der Waals surface area contributed by atoms with E-state index in [0.29, 0.717) is 30.3 Å². The van der Waals surface area contributed by atoms with Crippen LogP contribution in [0.2, 0.25) is 0 Å². The molecule has 0 aliphatic carbocycles. The third kappa shape index (κ3) is 4.95. The van der Waals surface area contributed by atoms with Crippen LogP contribution in [0.5, 0.6) is 11.5 Å². The molecule has 1 aliphatic rings. The first-order valence-corrected chi connectivity index (χ1v) is 10.8. The molecule has 31 heavy (non-hydrogen) atoms. The maximum Gasteiger partial charge on any atom is 0.338 e. The minimum absolute atomic E-state index is 0.0235. The lowest BCUT2D eigenvalue weighted by molar-refractivity contribution is 0.0472. The Morgan fingerprint density at radius 2 is 1.71 bits per heavy atom. The lowest BCUT2D eigenvalue weighted by atomic mass is 10.2. The molecule has 0 radical (unpaired) electrons. The molecular formula is C22H18FNO6S. The van der Waals surface area contributed by atoms with Crippen molar-refractivity contribution in [2.45, 2.75) is 11.5 Å². The Labute approximate surface area is 178 Å².